The van der Waals surface area contributed by atoms with E-state index in [1.165, 1.54) is 16.4 Å². The molecule has 3 aromatic carbocycles. The van der Waals surface area contributed by atoms with Crippen LogP contribution in [-0.4, -0.2) is 30.2 Å². The van der Waals surface area contributed by atoms with Crippen LogP contribution in [0.5, 0.6) is 5.75 Å². The number of carboxylic acid groups (broad SMARTS) is 1. The largest absolute Gasteiger partial charge is 0.491 e. The van der Waals surface area contributed by atoms with Gasteiger partial charge in [0.05, 0.1) is 11.7 Å². The SMILES string of the molecule is Cc1cc(CN(Cc2ccc(C(=O)O)cc2)S(=O)O)ccc1-c1ccc(OC(C)C)cc1. The van der Waals surface area contributed by atoms with Crippen LogP contribution in [0.4, 0.5) is 0 Å². The molecule has 1 atom stereocenters. The van der Waals surface area contributed by atoms with E-state index >= 15 is 0 Å². The smallest absolute Gasteiger partial charge is 0.335 e. The van der Waals surface area contributed by atoms with Gasteiger partial charge in [0, 0.05) is 13.1 Å². The first-order chi connectivity index (χ1) is 15.2. The van der Waals surface area contributed by atoms with E-state index < -0.39 is 17.2 Å². The molecule has 3 aromatic rings. The number of aryl methyl sites for hydroxylation is 1. The minimum Gasteiger partial charge on any atom is -0.491 e. The Labute approximate surface area is 190 Å². The summed E-state index contributed by atoms with van der Waals surface area (Å²) in [6, 6.07) is 20.2. The first-order valence-electron chi connectivity index (χ1n) is 10.3. The Kier molecular flexibility index (Phi) is 7.80. The van der Waals surface area contributed by atoms with Crippen molar-refractivity contribution in [3.8, 4) is 16.9 Å². The Morgan fingerprint density at radius 3 is 2.09 bits per heavy atom. The van der Waals surface area contributed by atoms with Crippen molar-refractivity contribution in [3.63, 3.8) is 0 Å². The maximum absolute atomic E-state index is 11.9. The lowest BCUT2D eigenvalue weighted by Gasteiger charge is -2.19. The summed E-state index contributed by atoms with van der Waals surface area (Å²) in [4.78, 5) is 11.0. The van der Waals surface area contributed by atoms with E-state index in [2.05, 4.69) is 0 Å². The average molecular weight is 454 g/mol. The first kappa shape index (κ1) is 23.7. The number of hydrogen-bond acceptors (Lipinski definition) is 3. The molecule has 0 radical (unpaired) electrons. The second-order valence-corrected chi connectivity index (χ2v) is 8.85. The molecule has 0 fully saturated rings. The predicted octanol–water partition coefficient (Wildman–Crippen LogP) is 5.29. The highest BCUT2D eigenvalue weighted by Gasteiger charge is 2.14. The first-order valence-corrected chi connectivity index (χ1v) is 11.3. The molecule has 0 aliphatic heterocycles. The molecule has 0 aromatic heterocycles. The van der Waals surface area contributed by atoms with Gasteiger partial charge in [-0.15, -0.1) is 0 Å². The molecule has 0 heterocycles. The fourth-order valence-corrected chi connectivity index (χ4v) is 3.98. The number of nitrogens with zero attached hydrogens (tertiary/aromatic N) is 1. The van der Waals surface area contributed by atoms with Crippen LogP contribution in [0, 0.1) is 6.92 Å². The lowest BCUT2D eigenvalue weighted by Crippen LogP contribution is -2.24. The van der Waals surface area contributed by atoms with Crippen molar-refractivity contribution >= 4 is 17.2 Å². The van der Waals surface area contributed by atoms with Crippen LogP contribution in [0.1, 0.15) is 40.9 Å². The van der Waals surface area contributed by atoms with Gasteiger partial charge < -0.3 is 9.84 Å². The van der Waals surface area contributed by atoms with Crippen LogP contribution in [0.3, 0.4) is 0 Å². The molecule has 0 amide bonds. The van der Waals surface area contributed by atoms with E-state index in [-0.39, 0.29) is 24.8 Å². The third-order valence-corrected chi connectivity index (χ3v) is 5.67. The Balaban J connectivity index is 1.73. The zero-order chi connectivity index (χ0) is 23.3. The van der Waals surface area contributed by atoms with Crippen molar-refractivity contribution in [1.29, 1.82) is 0 Å². The standard InChI is InChI=1S/C25H27NO5S/c1-17(2)31-23-11-9-21(10-12-23)24-13-6-20(14-18(24)3)16-26(32(29)30)15-19-4-7-22(8-5-19)25(27)28/h4-14,17H,15-16H2,1-3H3,(H,27,28)(H,29,30). The van der Waals surface area contributed by atoms with Gasteiger partial charge in [-0.25, -0.2) is 9.00 Å². The zero-order valence-electron chi connectivity index (χ0n) is 18.3. The number of aromatic carboxylic acids is 1. The molecule has 7 heteroatoms. The molecule has 0 saturated heterocycles. The Hall–Kier alpha value is -3.00. The summed E-state index contributed by atoms with van der Waals surface area (Å²) in [6.07, 6.45) is 0.122. The number of carbonyl (C=O) groups is 1. The van der Waals surface area contributed by atoms with Crippen molar-refractivity contribution < 1.29 is 23.4 Å². The molecular formula is C25H27NO5S. The van der Waals surface area contributed by atoms with Crippen molar-refractivity contribution in [3.05, 3.63) is 89.0 Å². The molecule has 1 unspecified atom stereocenters. The van der Waals surface area contributed by atoms with Gasteiger partial charge in [-0.1, -0.05) is 42.5 Å². The molecule has 6 nitrogen and oxygen atoms in total. The number of carboxylic acids is 1. The van der Waals surface area contributed by atoms with E-state index in [0.717, 1.165) is 33.6 Å². The molecule has 2 N–H and O–H groups in total. The van der Waals surface area contributed by atoms with Crippen molar-refractivity contribution in [1.82, 2.24) is 4.31 Å². The summed E-state index contributed by atoms with van der Waals surface area (Å²) in [5, 5.41) is 9.01. The van der Waals surface area contributed by atoms with Crippen molar-refractivity contribution in [2.45, 2.75) is 40.0 Å². The van der Waals surface area contributed by atoms with E-state index in [9.17, 15) is 13.6 Å². The van der Waals surface area contributed by atoms with Crippen LogP contribution >= 0.6 is 0 Å². The number of benzene rings is 3. The molecule has 0 aliphatic rings. The number of ether oxygens (including phenoxy) is 1. The van der Waals surface area contributed by atoms with E-state index in [4.69, 9.17) is 9.84 Å². The summed E-state index contributed by atoms with van der Waals surface area (Å²) in [5.41, 5.74) is 5.08. The van der Waals surface area contributed by atoms with Crippen molar-refractivity contribution in [2.24, 2.45) is 0 Å². The summed E-state index contributed by atoms with van der Waals surface area (Å²) >= 11 is -2.17. The molecule has 0 aliphatic carbocycles. The van der Waals surface area contributed by atoms with Crippen LogP contribution in [-0.2, 0) is 24.4 Å². The summed E-state index contributed by atoms with van der Waals surface area (Å²) in [5.74, 6) is -0.174. The van der Waals surface area contributed by atoms with Crippen LogP contribution < -0.4 is 4.74 Å². The zero-order valence-corrected chi connectivity index (χ0v) is 19.1. The van der Waals surface area contributed by atoms with E-state index in [1.54, 1.807) is 12.1 Å². The second kappa shape index (κ2) is 10.5. The summed E-state index contributed by atoms with van der Waals surface area (Å²) in [7, 11) is 0. The third kappa shape index (κ3) is 6.26. The maximum atomic E-state index is 11.9. The fraction of sp³-hybridized carbons (Fsp3) is 0.240. The number of rotatable bonds is 9. The van der Waals surface area contributed by atoms with Gasteiger partial charge in [-0.05, 0) is 72.9 Å². The molecule has 168 valence electrons. The number of hydrogen-bond donors (Lipinski definition) is 2. The minimum absolute atomic E-state index is 0.122. The van der Waals surface area contributed by atoms with Crippen molar-refractivity contribution in [2.75, 3.05) is 0 Å². The molecule has 0 spiro atoms. The second-order valence-electron chi connectivity index (χ2n) is 7.87. The molecule has 32 heavy (non-hydrogen) atoms. The molecule has 0 bridgehead atoms. The fourth-order valence-electron chi connectivity index (χ4n) is 3.46. The predicted molar refractivity (Wildman–Crippen MR) is 126 cm³/mol. The maximum Gasteiger partial charge on any atom is 0.335 e. The Morgan fingerprint density at radius 1 is 0.969 bits per heavy atom. The van der Waals surface area contributed by atoms with Crippen LogP contribution in [0.25, 0.3) is 11.1 Å². The lowest BCUT2D eigenvalue weighted by molar-refractivity contribution is 0.0697. The topological polar surface area (TPSA) is 87.1 Å². The molecule has 0 saturated carbocycles. The van der Waals surface area contributed by atoms with Gasteiger partial charge in [0.1, 0.15) is 5.75 Å². The van der Waals surface area contributed by atoms with Gasteiger partial charge in [0.25, 0.3) is 0 Å². The van der Waals surface area contributed by atoms with Gasteiger partial charge in [-0.2, -0.15) is 4.31 Å². The minimum atomic E-state index is -2.17. The van der Waals surface area contributed by atoms with Crippen LogP contribution in [0.15, 0.2) is 66.7 Å². The van der Waals surface area contributed by atoms with Gasteiger partial charge in [0.2, 0.25) is 11.3 Å². The van der Waals surface area contributed by atoms with E-state index in [1.807, 2.05) is 63.2 Å². The van der Waals surface area contributed by atoms with Gasteiger partial charge in [0.15, 0.2) is 0 Å². The monoisotopic (exact) mass is 453 g/mol. The van der Waals surface area contributed by atoms with Gasteiger partial charge >= 0.3 is 5.97 Å². The highest BCUT2D eigenvalue weighted by atomic mass is 32.2. The average Bonchev–Trinajstić information content (AvgIpc) is 2.74. The lowest BCUT2D eigenvalue weighted by atomic mass is 9.98. The summed E-state index contributed by atoms with van der Waals surface area (Å²) in [6.45, 7) is 6.50. The van der Waals surface area contributed by atoms with Crippen LogP contribution in [0.2, 0.25) is 0 Å². The summed E-state index contributed by atoms with van der Waals surface area (Å²) < 4.78 is 28.8. The van der Waals surface area contributed by atoms with E-state index in [0.29, 0.717) is 0 Å². The Morgan fingerprint density at radius 2 is 1.56 bits per heavy atom. The molecular weight excluding hydrogens is 426 g/mol. The Bertz CT molecular complexity index is 1090. The molecule has 3 rings (SSSR count). The normalized spacial score (nSPS) is 12.2. The highest BCUT2D eigenvalue weighted by molar-refractivity contribution is 7.76. The highest BCUT2D eigenvalue weighted by Crippen LogP contribution is 2.27. The van der Waals surface area contributed by atoms with Gasteiger partial charge in [-0.3, -0.25) is 4.55 Å². The third-order valence-electron chi connectivity index (χ3n) is 4.97. The quantitative estimate of drug-likeness (QED) is 0.430.